The van der Waals surface area contributed by atoms with Crippen LogP contribution in [0.5, 0.6) is 0 Å². The maximum Gasteiger partial charge on any atom is 0.416 e. The van der Waals surface area contributed by atoms with Crippen LogP contribution in [-0.2, 0) is 12.6 Å². The van der Waals surface area contributed by atoms with Gasteiger partial charge in [0.15, 0.2) is 0 Å². The summed E-state index contributed by atoms with van der Waals surface area (Å²) in [5.74, 6) is 0.790. The van der Waals surface area contributed by atoms with E-state index in [1.54, 1.807) is 12.1 Å². The molecule has 0 heterocycles. The minimum absolute atomic E-state index is 0.440. The molecule has 0 atom stereocenters. The molecule has 1 aromatic carbocycles. The second-order valence-corrected chi connectivity index (χ2v) is 4.49. The fourth-order valence-corrected chi connectivity index (χ4v) is 2.00. The van der Waals surface area contributed by atoms with E-state index in [1.165, 1.54) is 25.0 Å². The largest absolute Gasteiger partial charge is 0.416 e. The van der Waals surface area contributed by atoms with Crippen LogP contribution in [0.25, 0.3) is 0 Å². The van der Waals surface area contributed by atoms with Gasteiger partial charge in [0.2, 0.25) is 0 Å². The number of hydrogen-bond acceptors (Lipinski definition) is 0. The van der Waals surface area contributed by atoms with Crippen LogP contribution in [0.15, 0.2) is 24.3 Å². The molecule has 0 aromatic heterocycles. The summed E-state index contributed by atoms with van der Waals surface area (Å²) in [6.45, 7) is 0. The van der Waals surface area contributed by atoms with Crippen LogP contribution in [0.4, 0.5) is 13.2 Å². The standard InChI is InChI=1S/C13H15F3/c14-13(15,16)12-7-2-1-5-11(12)6-3-4-10-8-9-10/h1-2,5,7,10H,3-4,6,8-9H2. The maximum absolute atomic E-state index is 12.6. The summed E-state index contributed by atoms with van der Waals surface area (Å²) in [6, 6.07) is 5.90. The molecule has 88 valence electrons. The first-order valence-electron chi connectivity index (χ1n) is 5.72. The summed E-state index contributed by atoms with van der Waals surface area (Å²) in [7, 11) is 0. The molecule has 1 saturated carbocycles. The Hall–Kier alpha value is -0.990. The van der Waals surface area contributed by atoms with Crippen LogP contribution in [0, 0.1) is 5.92 Å². The van der Waals surface area contributed by atoms with E-state index in [2.05, 4.69) is 0 Å². The van der Waals surface area contributed by atoms with E-state index in [1.807, 2.05) is 0 Å². The van der Waals surface area contributed by atoms with Gasteiger partial charge in [0.25, 0.3) is 0 Å². The van der Waals surface area contributed by atoms with Crippen molar-refractivity contribution in [1.29, 1.82) is 0 Å². The number of benzene rings is 1. The van der Waals surface area contributed by atoms with Crippen LogP contribution in [0.3, 0.4) is 0 Å². The normalized spacial score (nSPS) is 16.4. The highest BCUT2D eigenvalue weighted by atomic mass is 19.4. The molecule has 0 saturated heterocycles. The van der Waals surface area contributed by atoms with E-state index in [4.69, 9.17) is 0 Å². The number of aryl methyl sites for hydroxylation is 1. The third-order valence-corrected chi connectivity index (χ3v) is 3.08. The molecular formula is C13H15F3. The molecule has 0 bridgehead atoms. The number of alkyl halides is 3. The Morgan fingerprint density at radius 1 is 1.12 bits per heavy atom. The van der Waals surface area contributed by atoms with Gasteiger partial charge in [-0.3, -0.25) is 0 Å². The molecule has 1 aromatic rings. The number of hydrogen-bond donors (Lipinski definition) is 0. The lowest BCUT2D eigenvalue weighted by Gasteiger charge is -2.12. The van der Waals surface area contributed by atoms with E-state index in [0.29, 0.717) is 12.0 Å². The van der Waals surface area contributed by atoms with Gasteiger partial charge >= 0.3 is 6.18 Å². The molecule has 0 N–H and O–H groups in total. The van der Waals surface area contributed by atoms with Crippen molar-refractivity contribution in [2.75, 3.05) is 0 Å². The van der Waals surface area contributed by atoms with Gasteiger partial charge in [0.1, 0.15) is 0 Å². The van der Waals surface area contributed by atoms with Crippen molar-refractivity contribution in [3.8, 4) is 0 Å². The van der Waals surface area contributed by atoms with Crippen LogP contribution >= 0.6 is 0 Å². The predicted molar refractivity (Wildman–Crippen MR) is 57.1 cm³/mol. The van der Waals surface area contributed by atoms with E-state index in [9.17, 15) is 13.2 Å². The molecule has 0 amide bonds. The second-order valence-electron chi connectivity index (χ2n) is 4.49. The van der Waals surface area contributed by atoms with Crippen LogP contribution in [0.2, 0.25) is 0 Å². The summed E-state index contributed by atoms with van der Waals surface area (Å²) >= 11 is 0. The molecule has 0 aliphatic heterocycles. The first-order valence-corrected chi connectivity index (χ1v) is 5.72. The van der Waals surface area contributed by atoms with Gasteiger partial charge in [-0.1, -0.05) is 37.5 Å². The van der Waals surface area contributed by atoms with Crippen molar-refractivity contribution in [3.05, 3.63) is 35.4 Å². The molecule has 3 heteroatoms. The zero-order chi connectivity index (χ0) is 11.6. The van der Waals surface area contributed by atoms with E-state index in [-0.39, 0.29) is 0 Å². The fourth-order valence-electron chi connectivity index (χ4n) is 2.00. The van der Waals surface area contributed by atoms with Crippen LogP contribution in [0.1, 0.15) is 36.8 Å². The minimum atomic E-state index is -4.21. The number of halogens is 3. The Morgan fingerprint density at radius 3 is 2.44 bits per heavy atom. The molecule has 0 radical (unpaired) electrons. The van der Waals surface area contributed by atoms with Gasteiger partial charge in [-0.2, -0.15) is 13.2 Å². The van der Waals surface area contributed by atoms with Crippen molar-refractivity contribution in [1.82, 2.24) is 0 Å². The van der Waals surface area contributed by atoms with Crippen molar-refractivity contribution < 1.29 is 13.2 Å². The third kappa shape index (κ3) is 3.00. The highest BCUT2D eigenvalue weighted by Crippen LogP contribution is 2.35. The molecule has 2 rings (SSSR count). The van der Waals surface area contributed by atoms with Crippen molar-refractivity contribution in [2.45, 2.75) is 38.3 Å². The van der Waals surface area contributed by atoms with E-state index in [0.717, 1.165) is 18.8 Å². The Balaban J connectivity index is 2.00. The van der Waals surface area contributed by atoms with E-state index < -0.39 is 11.7 Å². The summed E-state index contributed by atoms with van der Waals surface area (Å²) in [6.07, 6.45) is 0.814. The number of rotatable bonds is 4. The van der Waals surface area contributed by atoms with Gasteiger partial charge in [0, 0.05) is 0 Å². The molecule has 1 aliphatic rings. The minimum Gasteiger partial charge on any atom is -0.166 e. The predicted octanol–water partition coefficient (Wildman–Crippen LogP) is 4.44. The Labute approximate surface area is 93.5 Å². The first-order chi connectivity index (χ1) is 7.57. The Bertz CT molecular complexity index is 350. The summed E-state index contributed by atoms with van der Waals surface area (Å²) in [5.41, 5.74) is -0.0264. The van der Waals surface area contributed by atoms with Crippen molar-refractivity contribution >= 4 is 0 Å². The second kappa shape index (κ2) is 4.48. The highest BCUT2D eigenvalue weighted by molar-refractivity contribution is 5.29. The SMILES string of the molecule is FC(F)(F)c1ccccc1CCCC1CC1. The lowest BCUT2D eigenvalue weighted by Crippen LogP contribution is -2.08. The smallest absolute Gasteiger partial charge is 0.166 e. The molecule has 0 unspecified atom stereocenters. The summed E-state index contributed by atoms with van der Waals surface area (Å²) in [5, 5.41) is 0. The lowest BCUT2D eigenvalue weighted by molar-refractivity contribution is -0.138. The summed E-state index contributed by atoms with van der Waals surface area (Å²) < 4.78 is 37.9. The summed E-state index contributed by atoms with van der Waals surface area (Å²) in [4.78, 5) is 0. The van der Waals surface area contributed by atoms with Gasteiger partial charge in [0.05, 0.1) is 5.56 Å². The van der Waals surface area contributed by atoms with E-state index >= 15 is 0 Å². The van der Waals surface area contributed by atoms with Crippen LogP contribution < -0.4 is 0 Å². The van der Waals surface area contributed by atoms with Gasteiger partial charge < -0.3 is 0 Å². The molecule has 0 nitrogen and oxygen atoms in total. The maximum atomic E-state index is 12.6. The molecule has 16 heavy (non-hydrogen) atoms. The van der Waals surface area contributed by atoms with Crippen LogP contribution in [-0.4, -0.2) is 0 Å². The van der Waals surface area contributed by atoms with Crippen molar-refractivity contribution in [3.63, 3.8) is 0 Å². The third-order valence-electron chi connectivity index (χ3n) is 3.08. The molecular weight excluding hydrogens is 213 g/mol. The zero-order valence-electron chi connectivity index (χ0n) is 9.06. The lowest BCUT2D eigenvalue weighted by atomic mass is 10.0. The van der Waals surface area contributed by atoms with Crippen molar-refractivity contribution in [2.24, 2.45) is 5.92 Å². The molecule has 0 spiro atoms. The Kier molecular flexibility index (Phi) is 3.22. The first kappa shape index (κ1) is 11.5. The monoisotopic (exact) mass is 228 g/mol. The Morgan fingerprint density at radius 2 is 1.81 bits per heavy atom. The van der Waals surface area contributed by atoms with Gasteiger partial charge in [-0.15, -0.1) is 0 Å². The molecule has 1 fully saturated rings. The highest BCUT2D eigenvalue weighted by Gasteiger charge is 2.32. The molecule has 1 aliphatic carbocycles. The zero-order valence-corrected chi connectivity index (χ0v) is 9.06. The fraction of sp³-hybridized carbons (Fsp3) is 0.538. The van der Waals surface area contributed by atoms with Gasteiger partial charge in [-0.05, 0) is 30.4 Å². The topological polar surface area (TPSA) is 0 Å². The average molecular weight is 228 g/mol. The van der Waals surface area contributed by atoms with Gasteiger partial charge in [-0.25, -0.2) is 0 Å². The average Bonchev–Trinajstić information content (AvgIpc) is 3.01. The quantitative estimate of drug-likeness (QED) is 0.714.